The Balaban J connectivity index is 1.35. The SMILES string of the molecule is COc1cc(CN2CCOC[C@](O)(COc3ccc(F)c(F)c3)C2)ccc1OCCn1ccnc1C. The van der Waals surface area contributed by atoms with Gasteiger partial charge in [-0.3, -0.25) is 4.90 Å². The van der Waals surface area contributed by atoms with Gasteiger partial charge in [0, 0.05) is 38.1 Å². The van der Waals surface area contributed by atoms with Crippen LogP contribution in [0.25, 0.3) is 0 Å². The van der Waals surface area contributed by atoms with Crippen molar-refractivity contribution in [3.8, 4) is 17.2 Å². The number of ether oxygens (including phenoxy) is 4. The van der Waals surface area contributed by atoms with E-state index in [2.05, 4.69) is 9.88 Å². The third-order valence-corrected chi connectivity index (χ3v) is 5.99. The van der Waals surface area contributed by atoms with Crippen molar-refractivity contribution >= 4 is 0 Å². The van der Waals surface area contributed by atoms with Crippen LogP contribution in [0, 0.1) is 18.6 Å². The summed E-state index contributed by atoms with van der Waals surface area (Å²) in [7, 11) is 1.60. The number of benzene rings is 2. The Morgan fingerprint density at radius 2 is 1.97 bits per heavy atom. The minimum Gasteiger partial charge on any atom is -0.493 e. The number of hydrogen-bond donors (Lipinski definition) is 1. The Kier molecular flexibility index (Phi) is 8.40. The van der Waals surface area contributed by atoms with Gasteiger partial charge in [0.25, 0.3) is 0 Å². The molecule has 10 heteroatoms. The highest BCUT2D eigenvalue weighted by Crippen LogP contribution is 2.29. The average Bonchev–Trinajstić information content (AvgIpc) is 3.18. The van der Waals surface area contributed by atoms with E-state index in [0.717, 1.165) is 23.5 Å². The molecule has 2 heterocycles. The van der Waals surface area contributed by atoms with Crippen molar-refractivity contribution in [2.45, 2.75) is 25.6 Å². The Hall–Kier alpha value is -3.21. The lowest BCUT2D eigenvalue weighted by molar-refractivity contribution is -0.0647. The van der Waals surface area contributed by atoms with Crippen molar-refractivity contribution < 1.29 is 32.8 Å². The first-order chi connectivity index (χ1) is 17.3. The minimum atomic E-state index is -1.32. The van der Waals surface area contributed by atoms with E-state index in [1.165, 1.54) is 6.07 Å². The molecule has 1 N–H and O–H groups in total. The smallest absolute Gasteiger partial charge is 0.162 e. The highest BCUT2D eigenvalue weighted by Gasteiger charge is 2.33. The van der Waals surface area contributed by atoms with E-state index in [0.29, 0.717) is 44.3 Å². The summed E-state index contributed by atoms with van der Waals surface area (Å²) in [6.45, 7) is 4.91. The molecule has 194 valence electrons. The summed E-state index contributed by atoms with van der Waals surface area (Å²) in [5.74, 6) is 0.383. The van der Waals surface area contributed by atoms with Crippen molar-refractivity contribution in [3.05, 3.63) is 71.8 Å². The number of halogens is 2. The molecule has 1 aliphatic rings. The lowest BCUT2D eigenvalue weighted by atomic mass is 10.1. The van der Waals surface area contributed by atoms with Crippen LogP contribution >= 0.6 is 0 Å². The molecule has 0 saturated carbocycles. The molecule has 1 aliphatic heterocycles. The van der Waals surface area contributed by atoms with Gasteiger partial charge in [-0.15, -0.1) is 0 Å². The highest BCUT2D eigenvalue weighted by atomic mass is 19.2. The Morgan fingerprint density at radius 3 is 2.72 bits per heavy atom. The predicted octanol–water partition coefficient (Wildman–Crippen LogP) is 3.20. The number of aromatic nitrogens is 2. The normalized spacial score (nSPS) is 18.6. The number of hydrogen-bond acceptors (Lipinski definition) is 7. The number of imidazole rings is 1. The molecule has 0 bridgehead atoms. The van der Waals surface area contributed by atoms with Gasteiger partial charge in [-0.05, 0) is 36.8 Å². The number of aryl methyl sites for hydroxylation is 1. The second-order valence-corrected chi connectivity index (χ2v) is 8.85. The molecule has 0 spiro atoms. The molecule has 4 rings (SSSR count). The van der Waals surface area contributed by atoms with E-state index in [1.54, 1.807) is 13.3 Å². The lowest BCUT2D eigenvalue weighted by Gasteiger charge is -2.30. The van der Waals surface area contributed by atoms with Crippen LogP contribution in [0.5, 0.6) is 17.2 Å². The molecule has 8 nitrogen and oxygen atoms in total. The summed E-state index contributed by atoms with van der Waals surface area (Å²) in [6, 6.07) is 9.03. The van der Waals surface area contributed by atoms with E-state index in [9.17, 15) is 13.9 Å². The molecule has 0 amide bonds. The van der Waals surface area contributed by atoms with E-state index in [1.807, 2.05) is 35.9 Å². The molecule has 1 fully saturated rings. The maximum Gasteiger partial charge on any atom is 0.162 e. The summed E-state index contributed by atoms with van der Waals surface area (Å²) in [4.78, 5) is 6.26. The summed E-state index contributed by atoms with van der Waals surface area (Å²) in [5, 5.41) is 11.1. The predicted molar refractivity (Wildman–Crippen MR) is 128 cm³/mol. The largest absolute Gasteiger partial charge is 0.493 e. The average molecular weight is 504 g/mol. The van der Waals surface area contributed by atoms with Crippen LogP contribution in [-0.2, 0) is 17.8 Å². The van der Waals surface area contributed by atoms with Crippen LogP contribution in [0.3, 0.4) is 0 Å². The van der Waals surface area contributed by atoms with Crippen LogP contribution in [0.15, 0.2) is 48.8 Å². The quantitative estimate of drug-likeness (QED) is 0.455. The van der Waals surface area contributed by atoms with E-state index < -0.39 is 17.2 Å². The molecule has 36 heavy (non-hydrogen) atoms. The fourth-order valence-electron chi connectivity index (χ4n) is 4.09. The van der Waals surface area contributed by atoms with Crippen LogP contribution in [0.2, 0.25) is 0 Å². The van der Waals surface area contributed by atoms with Gasteiger partial charge in [-0.25, -0.2) is 13.8 Å². The minimum absolute atomic E-state index is 0.0691. The van der Waals surface area contributed by atoms with E-state index in [4.69, 9.17) is 18.9 Å². The maximum atomic E-state index is 13.5. The number of aliphatic hydroxyl groups is 1. The summed E-state index contributed by atoms with van der Waals surface area (Å²) in [5.41, 5.74) is -0.338. The van der Waals surface area contributed by atoms with Gasteiger partial charge in [0.05, 0.1) is 26.9 Å². The van der Waals surface area contributed by atoms with Gasteiger partial charge in [0.15, 0.2) is 23.1 Å². The Morgan fingerprint density at radius 1 is 1.11 bits per heavy atom. The topological polar surface area (TPSA) is 78.2 Å². The number of β-amino-alcohol motifs (C(OH)–C–C–N with tert-alkyl or cyclic N) is 1. The first-order valence-electron chi connectivity index (χ1n) is 11.7. The van der Waals surface area contributed by atoms with E-state index >= 15 is 0 Å². The highest BCUT2D eigenvalue weighted by molar-refractivity contribution is 5.43. The molecule has 1 atom stereocenters. The standard InChI is InChI=1S/C26H31F2N3O5/c1-19-29-7-8-31(19)10-12-35-24-6-3-20(13-25(24)33-2)15-30-9-11-34-17-26(32,16-30)18-36-21-4-5-22(27)23(28)14-21/h3-8,13-14,32H,9-12,15-18H2,1-2H3/t26-/m0/s1. The van der Waals surface area contributed by atoms with Gasteiger partial charge < -0.3 is 28.6 Å². The zero-order valence-electron chi connectivity index (χ0n) is 20.5. The zero-order chi connectivity index (χ0) is 25.5. The van der Waals surface area contributed by atoms with Gasteiger partial charge >= 0.3 is 0 Å². The molecule has 1 aromatic heterocycles. The van der Waals surface area contributed by atoms with E-state index in [-0.39, 0.29) is 25.5 Å². The molecule has 2 aromatic carbocycles. The van der Waals surface area contributed by atoms with Crippen molar-refractivity contribution in [1.82, 2.24) is 14.5 Å². The molecular weight excluding hydrogens is 472 g/mol. The van der Waals surface area contributed by atoms with Crippen molar-refractivity contribution in [2.75, 3.05) is 46.6 Å². The van der Waals surface area contributed by atoms with Crippen molar-refractivity contribution in [1.29, 1.82) is 0 Å². The van der Waals surface area contributed by atoms with Crippen LogP contribution in [0.1, 0.15) is 11.4 Å². The first kappa shape index (κ1) is 25.9. The number of nitrogens with zero attached hydrogens (tertiary/aromatic N) is 3. The van der Waals surface area contributed by atoms with Crippen molar-refractivity contribution in [2.24, 2.45) is 0 Å². The van der Waals surface area contributed by atoms with Gasteiger partial charge in [-0.1, -0.05) is 6.07 Å². The molecule has 3 aromatic rings. The molecular formula is C26H31F2N3O5. The third-order valence-electron chi connectivity index (χ3n) is 5.99. The Labute approximate surface area is 209 Å². The molecule has 0 unspecified atom stereocenters. The van der Waals surface area contributed by atoms with Gasteiger partial charge in [0.1, 0.15) is 30.4 Å². The molecule has 1 saturated heterocycles. The lowest BCUT2D eigenvalue weighted by Crippen LogP contribution is -2.48. The van der Waals surface area contributed by atoms with Crippen LogP contribution < -0.4 is 14.2 Å². The zero-order valence-corrected chi connectivity index (χ0v) is 20.5. The Bertz CT molecular complexity index is 1160. The summed E-state index contributed by atoms with van der Waals surface area (Å²) in [6.07, 6.45) is 3.67. The monoisotopic (exact) mass is 503 g/mol. The molecule has 0 aliphatic carbocycles. The number of methoxy groups -OCH3 is 1. The fraction of sp³-hybridized carbons (Fsp3) is 0.423. The van der Waals surface area contributed by atoms with Gasteiger partial charge in [0.2, 0.25) is 0 Å². The maximum absolute atomic E-state index is 13.5. The third kappa shape index (κ3) is 6.71. The van der Waals surface area contributed by atoms with Gasteiger partial charge in [-0.2, -0.15) is 0 Å². The fourth-order valence-corrected chi connectivity index (χ4v) is 4.09. The van der Waals surface area contributed by atoms with Crippen molar-refractivity contribution in [3.63, 3.8) is 0 Å². The molecule has 0 radical (unpaired) electrons. The second-order valence-electron chi connectivity index (χ2n) is 8.85. The van der Waals surface area contributed by atoms with Crippen LogP contribution in [0.4, 0.5) is 8.78 Å². The number of rotatable bonds is 10. The second kappa shape index (κ2) is 11.7. The first-order valence-corrected chi connectivity index (χ1v) is 11.7. The van der Waals surface area contributed by atoms with Crippen LogP contribution in [-0.4, -0.2) is 71.8 Å². The summed E-state index contributed by atoms with van der Waals surface area (Å²) < 4.78 is 51.3. The summed E-state index contributed by atoms with van der Waals surface area (Å²) >= 11 is 0.